The van der Waals surface area contributed by atoms with Crippen molar-refractivity contribution in [2.75, 3.05) is 19.0 Å². The van der Waals surface area contributed by atoms with Crippen LogP contribution < -0.4 is 19.5 Å². The number of nitrogens with one attached hydrogen (secondary N) is 1. The molecule has 0 aliphatic heterocycles. The quantitative estimate of drug-likeness (QED) is 0.839. The first-order valence-corrected chi connectivity index (χ1v) is 7.89. The Labute approximate surface area is 142 Å². The van der Waals surface area contributed by atoms with Crippen LogP contribution in [-0.2, 0) is 4.79 Å². The second-order valence-corrected chi connectivity index (χ2v) is 5.33. The fourth-order valence-electron chi connectivity index (χ4n) is 2.22. The van der Waals surface area contributed by atoms with Crippen molar-refractivity contribution in [3.8, 4) is 17.2 Å². The fraction of sp³-hybridized carbons (Fsp3) is 0.316. The Morgan fingerprint density at radius 2 is 1.83 bits per heavy atom. The largest absolute Gasteiger partial charge is 0.495 e. The lowest BCUT2D eigenvalue weighted by molar-refractivity contribution is -0.122. The third kappa shape index (κ3) is 4.41. The maximum absolute atomic E-state index is 12.4. The van der Waals surface area contributed by atoms with Crippen LogP contribution in [0.4, 0.5) is 5.69 Å². The number of methoxy groups -OCH3 is 1. The number of hydrogen-bond acceptors (Lipinski definition) is 4. The Morgan fingerprint density at radius 1 is 1.12 bits per heavy atom. The van der Waals surface area contributed by atoms with E-state index in [2.05, 4.69) is 5.32 Å². The second kappa shape index (κ2) is 8.24. The van der Waals surface area contributed by atoms with E-state index >= 15 is 0 Å². The molecule has 0 aliphatic rings. The zero-order chi connectivity index (χ0) is 17.5. The molecule has 0 spiro atoms. The smallest absolute Gasteiger partial charge is 0.265 e. The van der Waals surface area contributed by atoms with E-state index in [0.717, 1.165) is 5.56 Å². The summed E-state index contributed by atoms with van der Waals surface area (Å²) in [5.74, 6) is 1.51. The van der Waals surface area contributed by atoms with Crippen molar-refractivity contribution in [3.63, 3.8) is 0 Å². The minimum absolute atomic E-state index is 0.259. The first-order valence-electron chi connectivity index (χ1n) is 7.89. The molecule has 5 heteroatoms. The molecule has 0 aliphatic carbocycles. The highest BCUT2D eigenvalue weighted by molar-refractivity contribution is 5.95. The van der Waals surface area contributed by atoms with Crippen molar-refractivity contribution in [2.45, 2.75) is 26.9 Å². The number of ether oxygens (including phenoxy) is 3. The average molecular weight is 329 g/mol. The molecule has 24 heavy (non-hydrogen) atoms. The molecule has 5 nitrogen and oxygen atoms in total. The Kier molecular flexibility index (Phi) is 6.07. The molecule has 2 rings (SSSR count). The van der Waals surface area contributed by atoms with Gasteiger partial charge in [-0.3, -0.25) is 4.79 Å². The lowest BCUT2D eigenvalue weighted by Crippen LogP contribution is -2.30. The van der Waals surface area contributed by atoms with E-state index in [4.69, 9.17) is 14.2 Å². The van der Waals surface area contributed by atoms with Gasteiger partial charge in [0.05, 0.1) is 19.4 Å². The first-order chi connectivity index (χ1) is 11.5. The van der Waals surface area contributed by atoms with Crippen LogP contribution in [0.3, 0.4) is 0 Å². The summed E-state index contributed by atoms with van der Waals surface area (Å²) >= 11 is 0. The summed E-state index contributed by atoms with van der Waals surface area (Å²) in [4.78, 5) is 12.4. The van der Waals surface area contributed by atoms with E-state index in [1.165, 1.54) is 0 Å². The number of carbonyl (C=O) groups excluding carboxylic acids is 1. The Morgan fingerprint density at radius 3 is 2.50 bits per heavy atom. The van der Waals surface area contributed by atoms with E-state index < -0.39 is 6.10 Å². The summed E-state index contributed by atoms with van der Waals surface area (Å²) in [6.07, 6.45) is -0.683. The van der Waals surface area contributed by atoms with E-state index in [1.807, 2.05) is 50.2 Å². The first kappa shape index (κ1) is 17.7. The summed E-state index contributed by atoms with van der Waals surface area (Å²) in [6.45, 7) is 6.08. The highest BCUT2D eigenvalue weighted by Gasteiger charge is 2.18. The molecule has 0 heterocycles. The summed E-state index contributed by atoms with van der Waals surface area (Å²) in [6, 6.07) is 12.9. The highest BCUT2D eigenvalue weighted by Crippen LogP contribution is 2.28. The molecule has 2 aromatic rings. The minimum atomic E-state index is -0.683. The molecule has 2 aromatic carbocycles. The van der Waals surface area contributed by atoms with Gasteiger partial charge in [0, 0.05) is 0 Å². The van der Waals surface area contributed by atoms with Crippen molar-refractivity contribution >= 4 is 11.6 Å². The zero-order valence-corrected chi connectivity index (χ0v) is 14.5. The second-order valence-electron chi connectivity index (χ2n) is 5.33. The molecule has 0 fully saturated rings. The lowest BCUT2D eigenvalue weighted by atomic mass is 10.2. The highest BCUT2D eigenvalue weighted by atomic mass is 16.5. The predicted octanol–water partition coefficient (Wildman–Crippen LogP) is 3.81. The minimum Gasteiger partial charge on any atom is -0.495 e. The Hall–Kier alpha value is -2.69. The Bertz CT molecular complexity index is 700. The topological polar surface area (TPSA) is 56.8 Å². The van der Waals surface area contributed by atoms with Crippen LogP contribution in [0.5, 0.6) is 17.2 Å². The van der Waals surface area contributed by atoms with Crippen molar-refractivity contribution in [1.29, 1.82) is 0 Å². The normalized spacial score (nSPS) is 11.5. The van der Waals surface area contributed by atoms with Crippen LogP contribution in [0, 0.1) is 6.92 Å². The van der Waals surface area contributed by atoms with Gasteiger partial charge in [-0.25, -0.2) is 0 Å². The summed E-state index contributed by atoms with van der Waals surface area (Å²) in [7, 11) is 1.57. The number of anilines is 1. The van der Waals surface area contributed by atoms with Gasteiger partial charge in [-0.05, 0) is 50.6 Å². The van der Waals surface area contributed by atoms with Crippen LogP contribution in [0.15, 0.2) is 42.5 Å². The van der Waals surface area contributed by atoms with E-state index in [1.54, 1.807) is 20.1 Å². The van der Waals surface area contributed by atoms with Gasteiger partial charge >= 0.3 is 0 Å². The molecule has 0 saturated heterocycles. The number of carbonyl (C=O) groups is 1. The molecule has 128 valence electrons. The van der Waals surface area contributed by atoms with Gasteiger partial charge in [-0.2, -0.15) is 0 Å². The monoisotopic (exact) mass is 329 g/mol. The van der Waals surface area contributed by atoms with E-state index in [9.17, 15) is 4.79 Å². The standard InChI is InChI=1S/C19H23NO4/c1-5-23-17-8-6-7-9-18(17)24-14(3)19(21)20-15-12-13(2)10-11-16(15)22-4/h6-12,14H,5H2,1-4H3,(H,20,21). The molecule has 0 radical (unpaired) electrons. The summed E-state index contributed by atoms with van der Waals surface area (Å²) < 4.78 is 16.5. The average Bonchev–Trinajstić information content (AvgIpc) is 2.57. The van der Waals surface area contributed by atoms with Crippen molar-refractivity contribution in [1.82, 2.24) is 0 Å². The number of aryl methyl sites for hydroxylation is 1. The van der Waals surface area contributed by atoms with E-state index in [0.29, 0.717) is 29.5 Å². The molecule has 0 bridgehead atoms. The molecule has 1 N–H and O–H groups in total. The Balaban J connectivity index is 2.09. The van der Waals surface area contributed by atoms with Crippen molar-refractivity contribution in [3.05, 3.63) is 48.0 Å². The third-order valence-corrected chi connectivity index (χ3v) is 3.43. The molecule has 1 amide bonds. The van der Waals surface area contributed by atoms with Gasteiger partial charge in [0.15, 0.2) is 17.6 Å². The summed E-state index contributed by atoms with van der Waals surface area (Å²) in [5, 5.41) is 2.84. The fourth-order valence-corrected chi connectivity index (χ4v) is 2.22. The van der Waals surface area contributed by atoms with Crippen molar-refractivity contribution < 1.29 is 19.0 Å². The predicted molar refractivity (Wildman–Crippen MR) is 94.1 cm³/mol. The molecular formula is C19H23NO4. The molecule has 1 unspecified atom stereocenters. The van der Waals surface area contributed by atoms with Crippen LogP contribution in [0.1, 0.15) is 19.4 Å². The van der Waals surface area contributed by atoms with E-state index in [-0.39, 0.29) is 5.91 Å². The third-order valence-electron chi connectivity index (χ3n) is 3.43. The summed E-state index contributed by atoms with van der Waals surface area (Å²) in [5.41, 5.74) is 1.65. The lowest BCUT2D eigenvalue weighted by Gasteiger charge is -2.18. The van der Waals surface area contributed by atoms with Gasteiger partial charge in [-0.1, -0.05) is 18.2 Å². The maximum atomic E-state index is 12.4. The number of rotatable bonds is 7. The van der Waals surface area contributed by atoms with Gasteiger partial charge < -0.3 is 19.5 Å². The van der Waals surface area contributed by atoms with Gasteiger partial charge in [0.25, 0.3) is 5.91 Å². The molecular weight excluding hydrogens is 306 g/mol. The molecule has 0 aromatic heterocycles. The van der Waals surface area contributed by atoms with Crippen molar-refractivity contribution in [2.24, 2.45) is 0 Å². The van der Waals surface area contributed by atoms with Gasteiger partial charge in [-0.15, -0.1) is 0 Å². The number of amides is 1. The number of benzene rings is 2. The maximum Gasteiger partial charge on any atom is 0.265 e. The van der Waals surface area contributed by atoms with Crippen LogP contribution >= 0.6 is 0 Å². The van der Waals surface area contributed by atoms with Crippen LogP contribution in [0.2, 0.25) is 0 Å². The van der Waals surface area contributed by atoms with Crippen LogP contribution in [0.25, 0.3) is 0 Å². The molecule has 0 saturated carbocycles. The number of para-hydroxylation sites is 2. The van der Waals surface area contributed by atoms with Gasteiger partial charge in [0.2, 0.25) is 0 Å². The SMILES string of the molecule is CCOc1ccccc1OC(C)C(=O)Nc1cc(C)ccc1OC. The van der Waals surface area contributed by atoms with Crippen LogP contribution in [-0.4, -0.2) is 25.7 Å². The molecule has 1 atom stereocenters. The van der Waals surface area contributed by atoms with Gasteiger partial charge in [0.1, 0.15) is 5.75 Å². The zero-order valence-electron chi connectivity index (χ0n) is 14.5. The number of hydrogen-bond donors (Lipinski definition) is 1.